The third-order valence-corrected chi connectivity index (χ3v) is 5.01. The van der Waals surface area contributed by atoms with Crippen molar-refractivity contribution in [2.45, 2.75) is 6.61 Å². The Morgan fingerprint density at radius 3 is 2.59 bits per heavy atom. The van der Waals surface area contributed by atoms with Crippen molar-refractivity contribution < 1.29 is 18.7 Å². The molecule has 1 saturated heterocycles. The maximum Gasteiger partial charge on any atom is 0.265 e. The minimum absolute atomic E-state index is 0.0210. The van der Waals surface area contributed by atoms with Crippen molar-refractivity contribution in [1.82, 2.24) is 10.2 Å². The summed E-state index contributed by atoms with van der Waals surface area (Å²) in [5.41, 5.74) is 1.44. The van der Waals surface area contributed by atoms with E-state index in [1.54, 1.807) is 30.3 Å². The molecule has 0 aliphatic carbocycles. The number of thiocarbonyl (C=S) groups is 1. The molecule has 1 heterocycles. The fraction of sp³-hybridized carbons (Fsp3) is 0.0952. The second-order valence-electron chi connectivity index (χ2n) is 6.13. The Hall–Kier alpha value is -2.84. The zero-order valence-corrected chi connectivity index (χ0v) is 17.6. The second-order valence-corrected chi connectivity index (χ2v) is 7.37. The van der Waals surface area contributed by atoms with Gasteiger partial charge in [0.2, 0.25) is 0 Å². The number of halogens is 2. The van der Waals surface area contributed by atoms with Crippen molar-refractivity contribution in [2.24, 2.45) is 0 Å². The zero-order chi connectivity index (χ0) is 21.0. The Balaban J connectivity index is 1.77. The van der Waals surface area contributed by atoms with Gasteiger partial charge in [-0.25, -0.2) is 4.39 Å². The first-order valence-electron chi connectivity index (χ1n) is 8.55. The highest BCUT2D eigenvalue weighted by Gasteiger charge is 2.32. The topological polar surface area (TPSA) is 58.6 Å². The summed E-state index contributed by atoms with van der Waals surface area (Å²) in [7, 11) is 0. The average molecular weight is 475 g/mol. The van der Waals surface area contributed by atoms with Gasteiger partial charge in [0.15, 0.2) is 5.11 Å². The Morgan fingerprint density at radius 1 is 1.21 bits per heavy atom. The van der Waals surface area contributed by atoms with Crippen LogP contribution in [0.3, 0.4) is 0 Å². The molecule has 5 nitrogen and oxygen atoms in total. The first kappa shape index (κ1) is 20.9. The summed E-state index contributed by atoms with van der Waals surface area (Å²) in [4.78, 5) is 26.0. The van der Waals surface area contributed by atoms with E-state index < -0.39 is 11.8 Å². The van der Waals surface area contributed by atoms with Crippen LogP contribution in [-0.4, -0.2) is 28.4 Å². The van der Waals surface area contributed by atoms with E-state index in [1.807, 2.05) is 0 Å². The van der Waals surface area contributed by atoms with Crippen molar-refractivity contribution in [3.8, 4) is 5.75 Å². The lowest BCUT2D eigenvalue weighted by Gasteiger charge is -2.27. The van der Waals surface area contributed by atoms with Crippen molar-refractivity contribution >= 4 is 51.2 Å². The lowest BCUT2D eigenvalue weighted by molar-refractivity contribution is -0.128. The molecule has 0 aromatic heterocycles. The molecule has 1 fully saturated rings. The molecule has 0 unspecified atom stereocenters. The van der Waals surface area contributed by atoms with Crippen LogP contribution in [-0.2, 0) is 16.2 Å². The third-order valence-electron chi connectivity index (χ3n) is 4.07. The van der Waals surface area contributed by atoms with E-state index in [4.69, 9.17) is 17.0 Å². The number of carbonyl (C=O) groups excluding carboxylic acids is 2. The van der Waals surface area contributed by atoms with Crippen LogP contribution in [0.25, 0.3) is 6.08 Å². The van der Waals surface area contributed by atoms with Gasteiger partial charge in [0.05, 0.1) is 4.47 Å². The summed E-state index contributed by atoms with van der Waals surface area (Å²) in [5.74, 6) is -0.758. The van der Waals surface area contributed by atoms with E-state index in [2.05, 4.69) is 27.8 Å². The molecule has 2 amide bonds. The smallest absolute Gasteiger partial charge is 0.265 e. The Morgan fingerprint density at radius 2 is 1.93 bits per heavy atom. The van der Waals surface area contributed by atoms with E-state index in [9.17, 15) is 14.0 Å². The molecule has 0 spiro atoms. The fourth-order valence-corrected chi connectivity index (χ4v) is 3.38. The molecule has 0 atom stereocenters. The quantitative estimate of drug-likeness (QED) is 0.297. The normalized spacial score (nSPS) is 15.4. The van der Waals surface area contributed by atoms with Crippen LogP contribution >= 0.6 is 28.1 Å². The van der Waals surface area contributed by atoms with Gasteiger partial charge < -0.3 is 4.74 Å². The highest BCUT2D eigenvalue weighted by molar-refractivity contribution is 9.10. The van der Waals surface area contributed by atoms with Gasteiger partial charge in [0.25, 0.3) is 11.8 Å². The van der Waals surface area contributed by atoms with Gasteiger partial charge in [-0.1, -0.05) is 24.3 Å². The van der Waals surface area contributed by atoms with Crippen LogP contribution in [0.2, 0.25) is 0 Å². The molecule has 2 aromatic rings. The summed E-state index contributed by atoms with van der Waals surface area (Å²) in [6, 6.07) is 11.2. The molecule has 2 aromatic carbocycles. The number of nitrogens with zero attached hydrogens (tertiary/aromatic N) is 1. The van der Waals surface area contributed by atoms with E-state index in [0.29, 0.717) is 15.8 Å². The number of carbonyl (C=O) groups is 2. The van der Waals surface area contributed by atoms with E-state index in [1.165, 1.54) is 29.2 Å². The van der Waals surface area contributed by atoms with Gasteiger partial charge in [-0.2, -0.15) is 0 Å². The van der Waals surface area contributed by atoms with Crippen molar-refractivity contribution in [2.75, 3.05) is 6.54 Å². The Labute approximate surface area is 181 Å². The van der Waals surface area contributed by atoms with Crippen molar-refractivity contribution in [3.05, 3.63) is 82.1 Å². The highest BCUT2D eigenvalue weighted by atomic mass is 79.9. The zero-order valence-electron chi connectivity index (χ0n) is 15.2. The van der Waals surface area contributed by atoms with Gasteiger partial charge >= 0.3 is 0 Å². The number of nitrogens with one attached hydrogen (secondary N) is 1. The van der Waals surface area contributed by atoms with E-state index in [0.717, 1.165) is 5.56 Å². The first-order valence-corrected chi connectivity index (χ1v) is 9.75. The van der Waals surface area contributed by atoms with Gasteiger partial charge in [0.1, 0.15) is 23.7 Å². The average Bonchev–Trinajstić information content (AvgIpc) is 2.69. The van der Waals surface area contributed by atoms with Crippen LogP contribution in [0.1, 0.15) is 11.1 Å². The summed E-state index contributed by atoms with van der Waals surface area (Å²) < 4.78 is 19.4. The lowest BCUT2D eigenvalue weighted by atomic mass is 10.1. The van der Waals surface area contributed by atoms with Crippen LogP contribution in [0, 0.1) is 5.82 Å². The van der Waals surface area contributed by atoms with Crippen molar-refractivity contribution in [1.29, 1.82) is 0 Å². The lowest BCUT2D eigenvalue weighted by Crippen LogP contribution is -2.53. The number of hydrogen-bond donors (Lipinski definition) is 1. The van der Waals surface area contributed by atoms with Gasteiger partial charge in [-0.15, -0.1) is 6.58 Å². The van der Waals surface area contributed by atoms with E-state index in [-0.39, 0.29) is 29.7 Å². The molecule has 29 heavy (non-hydrogen) atoms. The summed E-state index contributed by atoms with van der Waals surface area (Å²) in [5, 5.41) is 2.56. The minimum atomic E-state index is -0.548. The molecular formula is C21H16BrFN2O3S. The number of hydrogen-bond acceptors (Lipinski definition) is 4. The van der Waals surface area contributed by atoms with Crippen LogP contribution in [0.5, 0.6) is 5.75 Å². The molecule has 8 heteroatoms. The summed E-state index contributed by atoms with van der Waals surface area (Å²) in [6.45, 7) is 4.07. The molecular weight excluding hydrogens is 459 g/mol. The molecule has 3 rings (SSSR count). The molecule has 1 aliphatic rings. The summed E-state index contributed by atoms with van der Waals surface area (Å²) in [6.07, 6.45) is 3.02. The number of amides is 2. The Kier molecular flexibility index (Phi) is 6.56. The second kappa shape index (κ2) is 9.11. The highest BCUT2D eigenvalue weighted by Crippen LogP contribution is 2.28. The van der Waals surface area contributed by atoms with Crippen LogP contribution in [0.15, 0.2) is 65.2 Å². The van der Waals surface area contributed by atoms with E-state index >= 15 is 0 Å². The number of rotatable bonds is 6. The Bertz CT molecular complexity index is 1020. The monoisotopic (exact) mass is 474 g/mol. The predicted molar refractivity (Wildman–Crippen MR) is 116 cm³/mol. The maximum absolute atomic E-state index is 13.0. The molecule has 1 N–H and O–H groups in total. The number of benzene rings is 2. The maximum atomic E-state index is 13.0. The predicted octanol–water partition coefficient (Wildman–Crippen LogP) is 3.98. The summed E-state index contributed by atoms with van der Waals surface area (Å²) >= 11 is 8.46. The van der Waals surface area contributed by atoms with Crippen LogP contribution < -0.4 is 10.1 Å². The molecule has 1 aliphatic heterocycles. The largest absolute Gasteiger partial charge is 0.488 e. The first-order chi connectivity index (χ1) is 13.9. The van der Waals surface area contributed by atoms with Gasteiger partial charge in [-0.05, 0) is 69.6 Å². The fourth-order valence-electron chi connectivity index (χ4n) is 2.62. The number of ether oxygens (including phenoxy) is 1. The van der Waals surface area contributed by atoms with Crippen LogP contribution in [0.4, 0.5) is 4.39 Å². The van der Waals surface area contributed by atoms with Crippen molar-refractivity contribution in [3.63, 3.8) is 0 Å². The third kappa shape index (κ3) is 4.96. The van der Waals surface area contributed by atoms with Gasteiger partial charge in [0, 0.05) is 6.54 Å². The molecule has 148 valence electrons. The standard InChI is InChI=1S/C21H16BrFN2O3S/c1-2-9-25-20(27)16(19(26)24-21(25)29)10-14-5-8-18(17(22)11-14)28-12-13-3-6-15(23)7-4-13/h2-8,10-11H,1,9,12H2,(H,24,26,29)/b16-10+. The molecule has 0 saturated carbocycles. The molecule has 0 radical (unpaired) electrons. The minimum Gasteiger partial charge on any atom is -0.488 e. The molecule has 0 bridgehead atoms. The van der Waals surface area contributed by atoms with Gasteiger partial charge in [-0.3, -0.25) is 19.8 Å². The SMILES string of the molecule is C=CCN1C(=O)/C(=C/c2ccc(OCc3ccc(F)cc3)c(Br)c2)C(=O)NC1=S.